The monoisotopic (exact) mass is 171 g/mol. The molecule has 0 saturated carbocycles. The quantitative estimate of drug-likeness (QED) is 0.496. The van der Waals surface area contributed by atoms with Gasteiger partial charge in [-0.2, -0.15) is 0 Å². The highest BCUT2D eigenvalue weighted by Crippen LogP contribution is 2.16. The summed E-state index contributed by atoms with van der Waals surface area (Å²) >= 11 is 0. The molecule has 1 rings (SSSR count). The molecule has 12 heavy (non-hydrogen) atoms. The summed E-state index contributed by atoms with van der Waals surface area (Å²) in [5, 5.41) is 14.1. The molecule has 0 radical (unpaired) electrons. The van der Waals surface area contributed by atoms with Crippen molar-refractivity contribution in [1.82, 2.24) is 9.78 Å². The van der Waals surface area contributed by atoms with E-state index in [4.69, 9.17) is 4.74 Å². The summed E-state index contributed by atoms with van der Waals surface area (Å²) in [7, 11) is 1.50. The van der Waals surface area contributed by atoms with E-state index in [9.17, 15) is 10.1 Å². The highest BCUT2D eigenvalue weighted by molar-refractivity contribution is 5.26. The van der Waals surface area contributed by atoms with Crippen LogP contribution in [0.4, 0.5) is 5.82 Å². The Morgan fingerprint density at radius 3 is 2.92 bits per heavy atom. The Morgan fingerprint density at radius 1 is 1.83 bits per heavy atom. The van der Waals surface area contributed by atoms with Gasteiger partial charge in [-0.1, -0.05) is 0 Å². The zero-order chi connectivity index (χ0) is 9.14. The predicted molar refractivity (Wildman–Crippen MR) is 41.0 cm³/mol. The van der Waals surface area contributed by atoms with Crippen molar-refractivity contribution >= 4 is 5.82 Å². The van der Waals surface area contributed by atoms with Gasteiger partial charge >= 0.3 is 5.82 Å². The minimum absolute atomic E-state index is 0.0709. The molecule has 0 bridgehead atoms. The number of aryl methyl sites for hydroxylation is 1. The summed E-state index contributed by atoms with van der Waals surface area (Å²) < 4.78 is 6.15. The molecule has 0 fully saturated rings. The standard InChI is InChI=1S/C6H9N3O3/c1-3-12-5-4-6(9(10)11)8(2)7-5/h4H,3H2,1-2H3. The minimum Gasteiger partial charge on any atom is -0.475 e. The fourth-order valence-corrected chi connectivity index (χ4v) is 0.821. The summed E-state index contributed by atoms with van der Waals surface area (Å²) in [6, 6.07) is 1.30. The first-order valence-electron chi connectivity index (χ1n) is 3.46. The zero-order valence-electron chi connectivity index (χ0n) is 6.85. The lowest BCUT2D eigenvalue weighted by atomic mass is 10.6. The maximum absolute atomic E-state index is 10.3. The van der Waals surface area contributed by atoms with Gasteiger partial charge in [0.1, 0.15) is 7.05 Å². The number of nitro groups is 1. The molecule has 6 heteroatoms. The van der Waals surface area contributed by atoms with E-state index >= 15 is 0 Å². The fourth-order valence-electron chi connectivity index (χ4n) is 0.821. The third-order valence-corrected chi connectivity index (χ3v) is 1.31. The lowest BCUT2D eigenvalue weighted by Crippen LogP contribution is -1.98. The van der Waals surface area contributed by atoms with E-state index in [0.717, 1.165) is 0 Å². The molecule has 0 amide bonds. The van der Waals surface area contributed by atoms with Gasteiger partial charge in [-0.15, -0.1) is 4.68 Å². The summed E-state index contributed by atoms with van der Waals surface area (Å²) in [5.41, 5.74) is 0. The Morgan fingerprint density at radius 2 is 2.50 bits per heavy atom. The van der Waals surface area contributed by atoms with Crippen molar-refractivity contribution in [1.29, 1.82) is 0 Å². The van der Waals surface area contributed by atoms with Crippen molar-refractivity contribution < 1.29 is 9.66 Å². The first kappa shape index (κ1) is 8.51. The van der Waals surface area contributed by atoms with Crippen LogP contribution in [0.25, 0.3) is 0 Å². The average Bonchev–Trinajstić information content (AvgIpc) is 2.32. The van der Waals surface area contributed by atoms with Gasteiger partial charge < -0.3 is 14.9 Å². The molecule has 66 valence electrons. The second-order valence-corrected chi connectivity index (χ2v) is 2.15. The number of rotatable bonds is 3. The summed E-state index contributed by atoms with van der Waals surface area (Å²) in [6.07, 6.45) is 0. The molecule has 0 unspecified atom stereocenters. The van der Waals surface area contributed by atoms with Crippen LogP contribution in [0.5, 0.6) is 5.88 Å². The highest BCUT2D eigenvalue weighted by Gasteiger charge is 2.14. The lowest BCUT2D eigenvalue weighted by molar-refractivity contribution is -0.392. The predicted octanol–water partition coefficient (Wildman–Crippen LogP) is 0.727. The van der Waals surface area contributed by atoms with E-state index in [-0.39, 0.29) is 11.7 Å². The Hall–Kier alpha value is -1.59. The minimum atomic E-state index is -0.504. The number of hydrogen-bond acceptors (Lipinski definition) is 4. The van der Waals surface area contributed by atoms with Crippen LogP contribution in [0.3, 0.4) is 0 Å². The summed E-state index contributed by atoms with van der Waals surface area (Å²) in [5.74, 6) is 0.213. The van der Waals surface area contributed by atoms with Crippen LogP contribution >= 0.6 is 0 Å². The highest BCUT2D eigenvalue weighted by atomic mass is 16.6. The molecule has 1 heterocycles. The van der Waals surface area contributed by atoms with E-state index in [1.54, 1.807) is 6.92 Å². The first-order chi connectivity index (χ1) is 5.65. The van der Waals surface area contributed by atoms with Crippen molar-refractivity contribution in [2.45, 2.75) is 6.92 Å². The molecule has 0 aliphatic heterocycles. The van der Waals surface area contributed by atoms with Crippen LogP contribution in [0.1, 0.15) is 6.92 Å². The molecular weight excluding hydrogens is 162 g/mol. The van der Waals surface area contributed by atoms with Crippen molar-refractivity contribution in [3.8, 4) is 5.88 Å². The van der Waals surface area contributed by atoms with E-state index in [1.165, 1.54) is 17.8 Å². The van der Waals surface area contributed by atoms with Crippen molar-refractivity contribution in [2.75, 3.05) is 6.61 Å². The average molecular weight is 171 g/mol. The topological polar surface area (TPSA) is 70.2 Å². The Labute approximate surface area is 68.9 Å². The Bertz CT molecular complexity index is 294. The van der Waals surface area contributed by atoms with Gasteiger partial charge in [-0.25, -0.2) is 0 Å². The number of aromatic nitrogens is 2. The number of ether oxygens (including phenoxy) is 1. The van der Waals surface area contributed by atoms with Gasteiger partial charge in [0, 0.05) is 0 Å². The van der Waals surface area contributed by atoms with Gasteiger partial charge in [0.05, 0.1) is 12.7 Å². The van der Waals surface area contributed by atoms with E-state index in [0.29, 0.717) is 6.61 Å². The van der Waals surface area contributed by atoms with Crippen LogP contribution in [-0.4, -0.2) is 21.3 Å². The molecule has 0 saturated heterocycles. The summed E-state index contributed by atoms with van der Waals surface area (Å²) in [4.78, 5) is 9.82. The molecule has 1 aromatic rings. The van der Waals surface area contributed by atoms with E-state index in [1.807, 2.05) is 0 Å². The molecule has 0 aliphatic rings. The van der Waals surface area contributed by atoms with Gasteiger partial charge in [0.15, 0.2) is 0 Å². The normalized spacial score (nSPS) is 9.83. The maximum atomic E-state index is 10.3. The van der Waals surface area contributed by atoms with E-state index in [2.05, 4.69) is 5.10 Å². The molecule has 1 aromatic heterocycles. The Balaban J connectivity index is 2.92. The second kappa shape index (κ2) is 3.21. The van der Waals surface area contributed by atoms with Crippen LogP contribution in [0.15, 0.2) is 6.07 Å². The van der Waals surface area contributed by atoms with Crippen LogP contribution in [0.2, 0.25) is 0 Å². The third-order valence-electron chi connectivity index (χ3n) is 1.31. The maximum Gasteiger partial charge on any atom is 0.348 e. The van der Waals surface area contributed by atoms with Gasteiger partial charge in [-0.05, 0) is 16.9 Å². The molecule has 0 spiro atoms. The molecule has 6 nitrogen and oxygen atoms in total. The van der Waals surface area contributed by atoms with Gasteiger partial charge in [-0.3, -0.25) is 0 Å². The number of hydrogen-bond donors (Lipinski definition) is 0. The first-order valence-corrected chi connectivity index (χ1v) is 3.46. The van der Waals surface area contributed by atoms with Gasteiger partial charge in [0.2, 0.25) is 0 Å². The Kier molecular flexibility index (Phi) is 2.27. The lowest BCUT2D eigenvalue weighted by Gasteiger charge is -1.91. The second-order valence-electron chi connectivity index (χ2n) is 2.15. The largest absolute Gasteiger partial charge is 0.475 e. The molecule has 0 aliphatic carbocycles. The van der Waals surface area contributed by atoms with Crippen molar-refractivity contribution in [3.63, 3.8) is 0 Å². The smallest absolute Gasteiger partial charge is 0.348 e. The fraction of sp³-hybridized carbons (Fsp3) is 0.500. The number of nitrogens with zero attached hydrogens (tertiary/aromatic N) is 3. The van der Waals surface area contributed by atoms with Crippen LogP contribution < -0.4 is 4.74 Å². The van der Waals surface area contributed by atoms with Crippen molar-refractivity contribution in [2.24, 2.45) is 7.05 Å². The molecule has 0 N–H and O–H groups in total. The SMILES string of the molecule is CCOc1cc([N+](=O)[O-])n(C)n1. The zero-order valence-corrected chi connectivity index (χ0v) is 6.85. The van der Waals surface area contributed by atoms with Gasteiger partial charge in [0.25, 0.3) is 5.88 Å². The molecule has 0 aromatic carbocycles. The van der Waals surface area contributed by atoms with Crippen LogP contribution in [-0.2, 0) is 7.05 Å². The van der Waals surface area contributed by atoms with Crippen molar-refractivity contribution in [3.05, 3.63) is 16.2 Å². The third kappa shape index (κ3) is 1.52. The molecular formula is C6H9N3O3. The van der Waals surface area contributed by atoms with Crippen LogP contribution in [0, 0.1) is 10.1 Å². The van der Waals surface area contributed by atoms with E-state index < -0.39 is 4.92 Å². The molecule has 0 atom stereocenters. The summed E-state index contributed by atoms with van der Waals surface area (Å²) in [6.45, 7) is 2.24.